The first-order valence-electron chi connectivity index (χ1n) is 12.0. The molecule has 0 aromatic carbocycles. The molecule has 1 aromatic heterocycles. The van der Waals surface area contributed by atoms with E-state index in [0.717, 1.165) is 44.1 Å². The van der Waals surface area contributed by atoms with Gasteiger partial charge in [-0.05, 0) is 64.5 Å². The molecule has 7 nitrogen and oxygen atoms in total. The molecular weight excluding hydrogens is 380 g/mol. The SMILES string of the molecule is CCOC(=O)c1[nH]ncc1CN(CC1CCN(C2CCCC2)CC1)CC1CCCO1. The van der Waals surface area contributed by atoms with Crippen molar-refractivity contribution in [1.82, 2.24) is 20.0 Å². The molecule has 4 rings (SSSR count). The number of hydrogen-bond acceptors (Lipinski definition) is 6. The highest BCUT2D eigenvalue weighted by molar-refractivity contribution is 5.88. The predicted octanol–water partition coefficient (Wildman–Crippen LogP) is 3.22. The van der Waals surface area contributed by atoms with E-state index in [2.05, 4.69) is 20.0 Å². The van der Waals surface area contributed by atoms with Crippen LogP contribution in [-0.2, 0) is 16.0 Å². The minimum Gasteiger partial charge on any atom is -0.461 e. The van der Waals surface area contributed by atoms with Crippen molar-refractivity contribution in [2.75, 3.05) is 39.4 Å². The molecule has 3 heterocycles. The van der Waals surface area contributed by atoms with Crippen LogP contribution in [0, 0.1) is 5.92 Å². The van der Waals surface area contributed by atoms with Crippen LogP contribution in [0.5, 0.6) is 0 Å². The van der Waals surface area contributed by atoms with E-state index in [-0.39, 0.29) is 5.97 Å². The average molecular weight is 419 g/mol. The van der Waals surface area contributed by atoms with E-state index < -0.39 is 0 Å². The van der Waals surface area contributed by atoms with Gasteiger partial charge < -0.3 is 14.4 Å². The van der Waals surface area contributed by atoms with Gasteiger partial charge in [0.25, 0.3) is 0 Å². The van der Waals surface area contributed by atoms with Crippen LogP contribution < -0.4 is 0 Å². The van der Waals surface area contributed by atoms with Gasteiger partial charge >= 0.3 is 5.97 Å². The minimum atomic E-state index is -0.313. The first kappa shape index (κ1) is 21.8. The van der Waals surface area contributed by atoms with Crippen LogP contribution >= 0.6 is 0 Å². The van der Waals surface area contributed by atoms with Gasteiger partial charge in [0.05, 0.1) is 18.9 Å². The highest BCUT2D eigenvalue weighted by Gasteiger charge is 2.29. The second kappa shape index (κ2) is 10.7. The monoisotopic (exact) mass is 418 g/mol. The molecule has 3 fully saturated rings. The molecule has 3 aliphatic rings. The Morgan fingerprint density at radius 3 is 2.70 bits per heavy atom. The molecule has 1 N–H and O–H groups in total. The molecule has 1 aromatic rings. The fourth-order valence-corrected chi connectivity index (χ4v) is 5.47. The summed E-state index contributed by atoms with van der Waals surface area (Å²) in [5, 5.41) is 6.96. The van der Waals surface area contributed by atoms with Crippen molar-refractivity contribution < 1.29 is 14.3 Å². The van der Waals surface area contributed by atoms with Crippen molar-refractivity contribution in [2.24, 2.45) is 5.92 Å². The van der Waals surface area contributed by atoms with Crippen LogP contribution in [-0.4, -0.2) is 77.5 Å². The number of nitrogens with one attached hydrogen (secondary N) is 1. The number of esters is 1. The third-order valence-electron chi connectivity index (χ3n) is 7.08. The summed E-state index contributed by atoms with van der Waals surface area (Å²) in [6.45, 7) is 8.26. The number of rotatable bonds is 9. The van der Waals surface area contributed by atoms with Gasteiger partial charge in [-0.1, -0.05) is 12.8 Å². The molecule has 1 atom stereocenters. The Balaban J connectivity index is 1.36. The Bertz CT molecular complexity index is 659. The number of aromatic nitrogens is 2. The Hall–Kier alpha value is -1.44. The van der Waals surface area contributed by atoms with E-state index in [1.807, 2.05) is 6.92 Å². The smallest absolute Gasteiger partial charge is 0.356 e. The number of carbonyl (C=O) groups is 1. The van der Waals surface area contributed by atoms with Crippen molar-refractivity contribution in [3.63, 3.8) is 0 Å². The number of ether oxygens (including phenoxy) is 2. The maximum absolute atomic E-state index is 12.3. The zero-order chi connectivity index (χ0) is 20.8. The number of hydrogen-bond donors (Lipinski definition) is 1. The molecule has 0 spiro atoms. The predicted molar refractivity (Wildman–Crippen MR) is 115 cm³/mol. The van der Waals surface area contributed by atoms with Crippen LogP contribution in [0.15, 0.2) is 6.20 Å². The molecule has 0 amide bonds. The van der Waals surface area contributed by atoms with Crippen LogP contribution in [0.4, 0.5) is 0 Å². The summed E-state index contributed by atoms with van der Waals surface area (Å²) in [7, 11) is 0. The molecule has 1 saturated carbocycles. The lowest BCUT2D eigenvalue weighted by Crippen LogP contribution is -2.43. The van der Waals surface area contributed by atoms with Gasteiger partial charge in [0.2, 0.25) is 0 Å². The minimum absolute atomic E-state index is 0.307. The van der Waals surface area contributed by atoms with E-state index in [4.69, 9.17) is 9.47 Å². The summed E-state index contributed by atoms with van der Waals surface area (Å²) in [6.07, 6.45) is 12.5. The first-order valence-corrected chi connectivity index (χ1v) is 12.0. The zero-order valence-electron chi connectivity index (χ0n) is 18.5. The van der Waals surface area contributed by atoms with Crippen molar-refractivity contribution in [3.05, 3.63) is 17.5 Å². The molecular formula is C23H38N4O3. The summed E-state index contributed by atoms with van der Waals surface area (Å²) < 4.78 is 11.1. The van der Waals surface area contributed by atoms with Crippen molar-refractivity contribution in [2.45, 2.75) is 77.0 Å². The Morgan fingerprint density at radius 2 is 2.00 bits per heavy atom. The molecule has 2 aliphatic heterocycles. The Labute approximate surface area is 180 Å². The highest BCUT2D eigenvalue weighted by Crippen LogP contribution is 2.29. The van der Waals surface area contributed by atoms with Crippen molar-refractivity contribution in [3.8, 4) is 0 Å². The summed E-state index contributed by atoms with van der Waals surface area (Å²) in [5.41, 5.74) is 1.42. The van der Waals surface area contributed by atoms with Gasteiger partial charge in [-0.3, -0.25) is 10.00 Å². The lowest BCUT2D eigenvalue weighted by atomic mass is 9.94. The normalized spacial score (nSPS) is 24.1. The van der Waals surface area contributed by atoms with Crippen LogP contribution in [0.25, 0.3) is 0 Å². The zero-order valence-corrected chi connectivity index (χ0v) is 18.5. The summed E-state index contributed by atoms with van der Waals surface area (Å²) in [6, 6.07) is 0.840. The topological polar surface area (TPSA) is 70.7 Å². The first-order chi connectivity index (χ1) is 14.7. The highest BCUT2D eigenvalue weighted by atomic mass is 16.5. The molecule has 168 valence electrons. The largest absolute Gasteiger partial charge is 0.461 e. The van der Waals surface area contributed by atoms with Gasteiger partial charge in [0.15, 0.2) is 0 Å². The summed E-state index contributed by atoms with van der Waals surface area (Å²) in [4.78, 5) is 17.5. The second-order valence-electron chi connectivity index (χ2n) is 9.24. The van der Waals surface area contributed by atoms with Gasteiger partial charge in [0.1, 0.15) is 5.69 Å². The lowest BCUT2D eigenvalue weighted by Gasteiger charge is -2.38. The lowest BCUT2D eigenvalue weighted by molar-refractivity contribution is 0.0499. The fraction of sp³-hybridized carbons (Fsp3) is 0.826. The maximum atomic E-state index is 12.3. The molecule has 1 aliphatic carbocycles. The van der Waals surface area contributed by atoms with Gasteiger partial charge in [-0.25, -0.2) is 4.79 Å². The molecule has 0 bridgehead atoms. The number of nitrogens with zero attached hydrogens (tertiary/aromatic N) is 3. The molecule has 0 radical (unpaired) electrons. The maximum Gasteiger partial charge on any atom is 0.356 e. The van der Waals surface area contributed by atoms with E-state index in [0.29, 0.717) is 30.9 Å². The second-order valence-corrected chi connectivity index (χ2v) is 9.24. The van der Waals surface area contributed by atoms with Crippen LogP contribution in [0.3, 0.4) is 0 Å². The Kier molecular flexibility index (Phi) is 7.79. The van der Waals surface area contributed by atoms with Gasteiger partial charge in [-0.15, -0.1) is 0 Å². The third kappa shape index (κ3) is 5.62. The van der Waals surface area contributed by atoms with Crippen molar-refractivity contribution >= 4 is 5.97 Å². The number of carbonyl (C=O) groups excluding carboxylic acids is 1. The van der Waals surface area contributed by atoms with Crippen LogP contribution in [0.2, 0.25) is 0 Å². The Morgan fingerprint density at radius 1 is 1.20 bits per heavy atom. The molecule has 7 heteroatoms. The standard InChI is InChI=1S/C23H38N4O3/c1-2-29-23(28)22-19(14-24-25-22)16-26(17-21-8-5-13-30-21)15-18-9-11-27(12-10-18)20-6-3-4-7-20/h14,18,20-21H,2-13,15-17H2,1H3,(H,24,25). The van der Waals surface area contributed by atoms with E-state index >= 15 is 0 Å². The third-order valence-corrected chi connectivity index (χ3v) is 7.08. The average Bonchev–Trinajstić information content (AvgIpc) is 3.52. The summed E-state index contributed by atoms with van der Waals surface area (Å²) >= 11 is 0. The van der Waals surface area contributed by atoms with E-state index in [9.17, 15) is 4.79 Å². The quantitative estimate of drug-likeness (QED) is 0.621. The van der Waals surface area contributed by atoms with E-state index in [1.54, 1.807) is 6.20 Å². The summed E-state index contributed by atoms with van der Waals surface area (Å²) in [5.74, 6) is 0.397. The van der Waals surface area contributed by atoms with Crippen LogP contribution in [0.1, 0.15) is 74.3 Å². The number of H-pyrrole nitrogens is 1. The number of piperidine rings is 1. The number of aromatic amines is 1. The molecule has 1 unspecified atom stereocenters. The van der Waals surface area contributed by atoms with Gasteiger partial charge in [-0.2, -0.15) is 5.10 Å². The van der Waals surface area contributed by atoms with E-state index in [1.165, 1.54) is 51.6 Å². The molecule has 2 saturated heterocycles. The molecule has 30 heavy (non-hydrogen) atoms. The van der Waals surface area contributed by atoms with Gasteiger partial charge in [0, 0.05) is 37.8 Å². The number of likely N-dealkylation sites (tertiary alicyclic amines) is 1. The fourth-order valence-electron chi connectivity index (χ4n) is 5.47. The van der Waals surface area contributed by atoms with Crippen molar-refractivity contribution in [1.29, 1.82) is 0 Å².